The topological polar surface area (TPSA) is 101 Å². The van der Waals surface area contributed by atoms with Crippen LogP contribution >= 0.6 is 0 Å². The molecule has 1 saturated heterocycles. The summed E-state index contributed by atoms with van der Waals surface area (Å²) in [7, 11) is 0. The molecule has 0 unspecified atom stereocenters. The minimum absolute atomic E-state index is 0.153. The van der Waals surface area contributed by atoms with E-state index in [9.17, 15) is 14.4 Å². The average Bonchev–Trinajstić information content (AvgIpc) is 2.64. The van der Waals surface area contributed by atoms with Gasteiger partial charge >= 0.3 is 0 Å². The zero-order valence-electron chi connectivity index (χ0n) is 8.86. The predicted molar refractivity (Wildman–Crippen MR) is 57.1 cm³/mol. The summed E-state index contributed by atoms with van der Waals surface area (Å²) < 4.78 is 0. The molecule has 1 rings (SSSR count). The molecule has 0 aliphatic carbocycles. The van der Waals surface area contributed by atoms with Crippen molar-refractivity contribution >= 4 is 17.7 Å². The van der Waals surface area contributed by atoms with Crippen LogP contribution in [-0.4, -0.2) is 29.8 Å². The van der Waals surface area contributed by atoms with Crippen LogP contribution in [0.4, 0.5) is 0 Å². The highest BCUT2D eigenvalue weighted by Crippen LogP contribution is 2.07. The van der Waals surface area contributed by atoms with E-state index >= 15 is 0 Å². The highest BCUT2D eigenvalue weighted by atomic mass is 16.2. The lowest BCUT2D eigenvalue weighted by atomic mass is 10.1. The third-order valence-corrected chi connectivity index (χ3v) is 2.37. The van der Waals surface area contributed by atoms with E-state index in [1.54, 1.807) is 0 Å². The van der Waals surface area contributed by atoms with Gasteiger partial charge in [-0.1, -0.05) is 6.08 Å². The molecule has 1 fully saturated rings. The third kappa shape index (κ3) is 3.08. The summed E-state index contributed by atoms with van der Waals surface area (Å²) in [6.45, 7) is 3.47. The number of rotatable bonds is 5. The molecule has 0 aromatic rings. The number of carbonyl (C=O) groups is 3. The van der Waals surface area contributed by atoms with Crippen LogP contribution in [0.5, 0.6) is 0 Å². The van der Waals surface area contributed by atoms with E-state index in [4.69, 9.17) is 5.73 Å². The number of hydrogen-bond acceptors (Lipinski definition) is 3. The Morgan fingerprint density at radius 1 is 1.69 bits per heavy atom. The SMILES string of the molecule is C=CC[C@H](NC(=O)[C@@H]1CCC(=O)N1)C(N)=O. The van der Waals surface area contributed by atoms with Crippen molar-refractivity contribution in [1.29, 1.82) is 0 Å². The van der Waals surface area contributed by atoms with E-state index in [1.807, 2.05) is 0 Å². The summed E-state index contributed by atoms with van der Waals surface area (Å²) in [4.78, 5) is 33.5. The molecule has 3 amide bonds. The van der Waals surface area contributed by atoms with Crippen LogP contribution in [0, 0.1) is 0 Å². The van der Waals surface area contributed by atoms with Gasteiger partial charge < -0.3 is 16.4 Å². The van der Waals surface area contributed by atoms with Crippen LogP contribution in [0.1, 0.15) is 19.3 Å². The molecule has 2 atom stereocenters. The number of amides is 3. The second-order valence-electron chi connectivity index (χ2n) is 3.65. The Morgan fingerprint density at radius 3 is 2.81 bits per heavy atom. The zero-order valence-corrected chi connectivity index (χ0v) is 8.86. The van der Waals surface area contributed by atoms with Gasteiger partial charge in [0.2, 0.25) is 17.7 Å². The van der Waals surface area contributed by atoms with Crippen molar-refractivity contribution in [1.82, 2.24) is 10.6 Å². The van der Waals surface area contributed by atoms with Gasteiger partial charge in [-0.2, -0.15) is 0 Å². The third-order valence-electron chi connectivity index (χ3n) is 2.37. The van der Waals surface area contributed by atoms with E-state index in [-0.39, 0.29) is 18.2 Å². The molecule has 6 nitrogen and oxygen atoms in total. The van der Waals surface area contributed by atoms with E-state index in [2.05, 4.69) is 17.2 Å². The molecule has 6 heteroatoms. The van der Waals surface area contributed by atoms with Crippen LogP contribution in [0.25, 0.3) is 0 Å². The Morgan fingerprint density at radius 2 is 2.38 bits per heavy atom. The van der Waals surface area contributed by atoms with Gasteiger partial charge in [-0.25, -0.2) is 0 Å². The quantitative estimate of drug-likeness (QED) is 0.513. The lowest BCUT2D eigenvalue weighted by Crippen LogP contribution is -2.50. The summed E-state index contributed by atoms with van der Waals surface area (Å²) in [5.41, 5.74) is 5.11. The highest BCUT2D eigenvalue weighted by molar-refractivity contribution is 5.93. The van der Waals surface area contributed by atoms with Gasteiger partial charge in [0.15, 0.2) is 0 Å². The summed E-state index contributed by atoms with van der Waals surface area (Å²) in [5.74, 6) is -1.14. The first-order valence-electron chi connectivity index (χ1n) is 5.04. The van der Waals surface area contributed by atoms with Crippen molar-refractivity contribution in [3.8, 4) is 0 Å². The van der Waals surface area contributed by atoms with Gasteiger partial charge in [0.1, 0.15) is 12.1 Å². The normalized spacial score (nSPS) is 21.0. The van der Waals surface area contributed by atoms with Gasteiger partial charge in [-0.3, -0.25) is 14.4 Å². The lowest BCUT2D eigenvalue weighted by molar-refractivity contribution is -0.129. The fourth-order valence-electron chi connectivity index (χ4n) is 1.50. The number of primary amides is 1. The Labute approximate surface area is 93.3 Å². The maximum atomic E-state index is 11.6. The Kier molecular flexibility index (Phi) is 4.04. The van der Waals surface area contributed by atoms with E-state index in [0.29, 0.717) is 12.8 Å². The largest absolute Gasteiger partial charge is 0.368 e. The second kappa shape index (κ2) is 5.29. The van der Waals surface area contributed by atoms with E-state index < -0.39 is 18.0 Å². The molecule has 88 valence electrons. The molecule has 1 aliphatic heterocycles. The first-order valence-corrected chi connectivity index (χ1v) is 5.04. The fraction of sp³-hybridized carbons (Fsp3) is 0.500. The molecule has 1 heterocycles. The van der Waals surface area contributed by atoms with Crippen molar-refractivity contribution in [2.24, 2.45) is 5.73 Å². The molecule has 0 aromatic heterocycles. The van der Waals surface area contributed by atoms with Crippen LogP contribution < -0.4 is 16.4 Å². The number of carbonyl (C=O) groups excluding carboxylic acids is 3. The zero-order chi connectivity index (χ0) is 12.1. The standard InChI is InChI=1S/C10H15N3O3/c1-2-3-6(9(11)15)13-10(16)7-4-5-8(14)12-7/h2,6-7H,1,3-5H2,(H2,11,15)(H,12,14)(H,13,16)/t6-,7-/m0/s1. The summed E-state index contributed by atoms with van der Waals surface area (Å²) in [5, 5.41) is 4.99. The van der Waals surface area contributed by atoms with Crippen LogP contribution in [0.3, 0.4) is 0 Å². The maximum Gasteiger partial charge on any atom is 0.243 e. The summed E-state index contributed by atoms with van der Waals surface area (Å²) in [6, 6.07) is -1.32. The first-order chi connectivity index (χ1) is 7.54. The van der Waals surface area contributed by atoms with Gasteiger partial charge in [0.25, 0.3) is 0 Å². The van der Waals surface area contributed by atoms with Gasteiger partial charge in [-0.15, -0.1) is 6.58 Å². The smallest absolute Gasteiger partial charge is 0.243 e. The maximum absolute atomic E-state index is 11.6. The minimum atomic E-state index is -0.762. The molecular weight excluding hydrogens is 210 g/mol. The molecule has 0 bridgehead atoms. The summed E-state index contributed by atoms with van der Waals surface area (Å²) in [6.07, 6.45) is 2.57. The average molecular weight is 225 g/mol. The Bertz CT molecular complexity index is 327. The minimum Gasteiger partial charge on any atom is -0.368 e. The molecule has 16 heavy (non-hydrogen) atoms. The van der Waals surface area contributed by atoms with E-state index in [1.165, 1.54) is 6.08 Å². The first kappa shape index (κ1) is 12.2. The summed E-state index contributed by atoms with van der Waals surface area (Å²) >= 11 is 0. The molecule has 0 spiro atoms. The van der Waals surface area contributed by atoms with Crippen molar-refractivity contribution in [2.45, 2.75) is 31.3 Å². The molecular formula is C10H15N3O3. The highest BCUT2D eigenvalue weighted by Gasteiger charge is 2.29. The number of nitrogens with two attached hydrogens (primary N) is 1. The fourth-order valence-corrected chi connectivity index (χ4v) is 1.50. The van der Waals surface area contributed by atoms with Gasteiger partial charge in [0, 0.05) is 6.42 Å². The van der Waals surface area contributed by atoms with Crippen molar-refractivity contribution in [3.63, 3.8) is 0 Å². The molecule has 1 aliphatic rings. The monoisotopic (exact) mass is 225 g/mol. The lowest BCUT2D eigenvalue weighted by Gasteiger charge is -2.16. The van der Waals surface area contributed by atoms with Crippen LogP contribution in [0.2, 0.25) is 0 Å². The molecule has 0 radical (unpaired) electrons. The van der Waals surface area contributed by atoms with Crippen LogP contribution in [-0.2, 0) is 14.4 Å². The van der Waals surface area contributed by atoms with Crippen molar-refractivity contribution < 1.29 is 14.4 Å². The Hall–Kier alpha value is -1.85. The van der Waals surface area contributed by atoms with Gasteiger partial charge in [0.05, 0.1) is 0 Å². The molecule has 4 N–H and O–H groups in total. The molecule has 0 saturated carbocycles. The number of hydrogen-bond donors (Lipinski definition) is 3. The van der Waals surface area contributed by atoms with E-state index in [0.717, 1.165) is 0 Å². The molecule has 0 aromatic carbocycles. The number of nitrogens with one attached hydrogen (secondary N) is 2. The van der Waals surface area contributed by atoms with Crippen LogP contribution in [0.15, 0.2) is 12.7 Å². The Balaban J connectivity index is 2.51. The van der Waals surface area contributed by atoms with Crippen molar-refractivity contribution in [3.05, 3.63) is 12.7 Å². The van der Waals surface area contributed by atoms with Crippen molar-refractivity contribution in [2.75, 3.05) is 0 Å². The second-order valence-corrected chi connectivity index (χ2v) is 3.65. The van der Waals surface area contributed by atoms with Gasteiger partial charge in [-0.05, 0) is 12.8 Å². The predicted octanol–water partition coefficient (Wildman–Crippen LogP) is -1.19.